The normalized spacial score (nSPS) is 13.0. The summed E-state index contributed by atoms with van der Waals surface area (Å²) in [5, 5.41) is 0. The van der Waals surface area contributed by atoms with Crippen LogP contribution in [0.3, 0.4) is 0 Å². The zero-order valence-electron chi connectivity index (χ0n) is 12.4. The van der Waals surface area contributed by atoms with Crippen LogP contribution in [0.1, 0.15) is 12.8 Å². The van der Waals surface area contributed by atoms with Crippen LogP contribution in [0, 0.1) is 11.8 Å². The molecule has 0 saturated heterocycles. The van der Waals surface area contributed by atoms with Gasteiger partial charge in [-0.2, -0.15) is 0 Å². The fourth-order valence-corrected chi connectivity index (χ4v) is 4.09. The third kappa shape index (κ3) is 8.78. The molecule has 0 spiro atoms. The average Bonchev–Trinajstić information content (AvgIpc) is 2.46. The molecule has 4 N–H and O–H groups in total. The van der Waals surface area contributed by atoms with Gasteiger partial charge in [-0.05, 0) is 0 Å². The fraction of sp³-hybridized carbons (Fsp3) is 0.667. The van der Waals surface area contributed by atoms with E-state index in [-0.39, 0.29) is 12.8 Å². The highest BCUT2D eigenvalue weighted by Crippen LogP contribution is 2.29. The molecule has 0 rings (SSSR count). The number of carbonyl (C=O) groups is 4. The molecule has 22 heavy (non-hydrogen) atoms. The van der Waals surface area contributed by atoms with Crippen molar-refractivity contribution in [2.75, 3.05) is 25.7 Å². The Bertz CT molecular complexity index is 380. The number of hydrogen-bond acceptors (Lipinski definition) is 8. The van der Waals surface area contributed by atoms with Crippen molar-refractivity contribution in [1.29, 1.82) is 0 Å². The Kier molecular flexibility index (Phi) is 10.5. The summed E-state index contributed by atoms with van der Waals surface area (Å²) < 4.78 is 9.19. The Morgan fingerprint density at radius 2 is 1.14 bits per heavy atom. The summed E-state index contributed by atoms with van der Waals surface area (Å²) >= 11 is 0. The monoisotopic (exact) mass is 352 g/mol. The van der Waals surface area contributed by atoms with Crippen LogP contribution in [-0.2, 0) is 28.7 Å². The third-order valence-corrected chi connectivity index (χ3v) is 5.15. The summed E-state index contributed by atoms with van der Waals surface area (Å²) in [6.07, 6.45) is -0.218. The van der Waals surface area contributed by atoms with Gasteiger partial charge in [-0.3, -0.25) is 19.2 Å². The van der Waals surface area contributed by atoms with Crippen molar-refractivity contribution in [2.45, 2.75) is 12.8 Å². The number of nitrogens with two attached hydrogens (primary N) is 2. The Balaban J connectivity index is 4.33. The highest BCUT2D eigenvalue weighted by Gasteiger charge is 2.24. The Morgan fingerprint density at radius 1 is 0.818 bits per heavy atom. The lowest BCUT2D eigenvalue weighted by molar-refractivity contribution is -0.146. The van der Waals surface area contributed by atoms with E-state index in [0.29, 0.717) is 11.5 Å². The summed E-state index contributed by atoms with van der Waals surface area (Å²) in [4.78, 5) is 44.8. The predicted molar refractivity (Wildman–Crippen MR) is 83.6 cm³/mol. The minimum absolute atomic E-state index is 0.109. The minimum atomic E-state index is -0.646. The van der Waals surface area contributed by atoms with E-state index in [9.17, 15) is 19.2 Å². The van der Waals surface area contributed by atoms with Crippen molar-refractivity contribution in [3.05, 3.63) is 0 Å². The van der Waals surface area contributed by atoms with Crippen LogP contribution < -0.4 is 11.5 Å². The summed E-state index contributed by atoms with van der Waals surface area (Å²) in [6.45, 7) is 0. The van der Waals surface area contributed by atoms with Crippen LogP contribution in [-0.4, -0.2) is 49.5 Å². The molecule has 0 aromatic rings. The van der Waals surface area contributed by atoms with Crippen molar-refractivity contribution in [3.63, 3.8) is 0 Å². The van der Waals surface area contributed by atoms with E-state index in [4.69, 9.17) is 11.5 Å². The molecule has 2 unspecified atom stereocenters. The lowest BCUT2D eigenvalue weighted by atomic mass is 10.1. The molecular weight excluding hydrogens is 332 g/mol. The first kappa shape index (κ1) is 20.6. The second-order valence-corrected chi connectivity index (χ2v) is 6.90. The summed E-state index contributed by atoms with van der Waals surface area (Å²) in [7, 11) is 5.02. The quantitative estimate of drug-likeness (QED) is 0.293. The highest BCUT2D eigenvalue weighted by molar-refractivity contribution is 8.76. The smallest absolute Gasteiger partial charge is 0.310 e. The number of ether oxygens (including phenoxy) is 2. The molecule has 0 aliphatic rings. The van der Waals surface area contributed by atoms with Gasteiger partial charge in [0.1, 0.15) is 0 Å². The van der Waals surface area contributed by atoms with Crippen molar-refractivity contribution in [1.82, 2.24) is 0 Å². The average molecular weight is 352 g/mol. The summed E-state index contributed by atoms with van der Waals surface area (Å²) in [6, 6.07) is 0. The first-order chi connectivity index (χ1) is 10.3. The number of amides is 2. The number of hydrogen-bond donors (Lipinski definition) is 2. The zero-order chi connectivity index (χ0) is 17.1. The van der Waals surface area contributed by atoms with Crippen LogP contribution in [0.15, 0.2) is 0 Å². The van der Waals surface area contributed by atoms with Gasteiger partial charge in [-0.25, -0.2) is 0 Å². The van der Waals surface area contributed by atoms with E-state index >= 15 is 0 Å². The van der Waals surface area contributed by atoms with Crippen molar-refractivity contribution < 1.29 is 28.7 Å². The molecule has 0 saturated carbocycles. The first-order valence-electron chi connectivity index (χ1n) is 6.28. The maximum Gasteiger partial charge on any atom is 0.310 e. The lowest BCUT2D eigenvalue weighted by Gasteiger charge is -2.14. The Morgan fingerprint density at radius 3 is 1.36 bits per heavy atom. The van der Waals surface area contributed by atoms with Gasteiger partial charge in [0.2, 0.25) is 11.8 Å². The maximum absolute atomic E-state index is 11.5. The number of rotatable bonds is 11. The van der Waals surface area contributed by atoms with E-state index in [0.717, 1.165) is 0 Å². The molecule has 0 bridgehead atoms. The van der Waals surface area contributed by atoms with Gasteiger partial charge in [0.05, 0.1) is 26.1 Å². The number of carbonyl (C=O) groups excluding carboxylic acids is 4. The topological polar surface area (TPSA) is 139 Å². The van der Waals surface area contributed by atoms with Gasteiger partial charge in [0.25, 0.3) is 0 Å². The minimum Gasteiger partial charge on any atom is -0.469 e. The molecule has 0 aliphatic carbocycles. The van der Waals surface area contributed by atoms with Gasteiger partial charge in [0, 0.05) is 24.3 Å². The van der Waals surface area contributed by atoms with Crippen LogP contribution in [0.5, 0.6) is 0 Å². The van der Waals surface area contributed by atoms with E-state index in [2.05, 4.69) is 9.47 Å². The fourth-order valence-electron chi connectivity index (χ4n) is 1.50. The third-order valence-electron chi connectivity index (χ3n) is 2.59. The zero-order valence-corrected chi connectivity index (χ0v) is 14.0. The molecular formula is C12H20N2O6S2. The second-order valence-electron chi connectivity index (χ2n) is 4.35. The molecule has 0 heterocycles. The molecule has 0 aromatic heterocycles. The first-order valence-corrected chi connectivity index (χ1v) is 8.77. The van der Waals surface area contributed by atoms with Crippen molar-refractivity contribution in [3.8, 4) is 0 Å². The molecule has 2 amide bonds. The van der Waals surface area contributed by atoms with Crippen molar-refractivity contribution >= 4 is 45.3 Å². The second kappa shape index (κ2) is 11.2. The number of methoxy groups -OCH3 is 2. The van der Waals surface area contributed by atoms with E-state index in [1.165, 1.54) is 35.8 Å². The molecule has 0 aliphatic heterocycles. The molecule has 0 aromatic carbocycles. The Labute approximate surface area is 136 Å². The SMILES string of the molecule is COC(=O)C(CSSCC(CC(N)=O)C(=O)OC)CC(N)=O. The molecule has 0 radical (unpaired) electrons. The van der Waals surface area contributed by atoms with Gasteiger partial charge in [0.15, 0.2) is 0 Å². The predicted octanol–water partition coefficient (Wildman–Crippen LogP) is -0.303. The Hall–Kier alpha value is -1.42. The molecule has 10 heteroatoms. The molecule has 0 fully saturated rings. The van der Waals surface area contributed by atoms with Gasteiger partial charge in [-0.15, -0.1) is 0 Å². The van der Waals surface area contributed by atoms with Crippen LogP contribution in [0.2, 0.25) is 0 Å². The van der Waals surface area contributed by atoms with Crippen LogP contribution in [0.4, 0.5) is 0 Å². The molecule has 2 atom stereocenters. The summed E-state index contributed by atoms with van der Waals surface area (Å²) in [5.74, 6) is -2.93. The largest absolute Gasteiger partial charge is 0.469 e. The van der Waals surface area contributed by atoms with Gasteiger partial charge < -0.3 is 20.9 Å². The molecule has 126 valence electrons. The standard InChI is InChI=1S/C12H20N2O6S2/c1-19-11(17)7(3-9(13)15)5-21-22-6-8(4-10(14)16)12(18)20-2/h7-8H,3-6H2,1-2H3,(H2,13,15)(H2,14,16). The van der Waals surface area contributed by atoms with Gasteiger partial charge in [-0.1, -0.05) is 21.6 Å². The van der Waals surface area contributed by atoms with Crippen LogP contribution >= 0.6 is 21.6 Å². The number of esters is 2. The van der Waals surface area contributed by atoms with E-state index in [1.807, 2.05) is 0 Å². The van der Waals surface area contributed by atoms with Crippen molar-refractivity contribution in [2.24, 2.45) is 23.3 Å². The summed E-state index contributed by atoms with van der Waals surface area (Å²) in [5.41, 5.74) is 10.2. The van der Waals surface area contributed by atoms with E-state index in [1.54, 1.807) is 0 Å². The van der Waals surface area contributed by atoms with E-state index < -0.39 is 35.6 Å². The molecule has 8 nitrogen and oxygen atoms in total. The lowest BCUT2D eigenvalue weighted by Crippen LogP contribution is -2.26. The van der Waals surface area contributed by atoms with Gasteiger partial charge >= 0.3 is 11.9 Å². The number of primary amides is 2. The maximum atomic E-state index is 11.5. The highest BCUT2D eigenvalue weighted by atomic mass is 33.1. The van der Waals surface area contributed by atoms with Crippen LogP contribution in [0.25, 0.3) is 0 Å².